The number of nitrogens with two attached hydrogens (primary N) is 1. The second-order valence-corrected chi connectivity index (χ2v) is 5.97. The van der Waals surface area contributed by atoms with Gasteiger partial charge in [0.1, 0.15) is 6.04 Å². The van der Waals surface area contributed by atoms with Crippen molar-refractivity contribution < 1.29 is 18.8 Å². The van der Waals surface area contributed by atoms with E-state index in [9.17, 15) is 14.4 Å². The molecule has 1 aliphatic heterocycles. The molecule has 2 aromatic rings. The summed E-state index contributed by atoms with van der Waals surface area (Å²) in [5.41, 5.74) is 5.86. The second kappa shape index (κ2) is 7.83. The molecule has 0 spiro atoms. The van der Waals surface area contributed by atoms with Crippen molar-refractivity contribution in [3.8, 4) is 0 Å². The number of carbonyl (C=O) groups excluding carboxylic acids is 3. The number of imide groups is 1. The summed E-state index contributed by atoms with van der Waals surface area (Å²) in [5.74, 6) is -0.355. The number of nitrogens with one attached hydrogen (secondary N) is 1. The average molecular weight is 356 g/mol. The van der Waals surface area contributed by atoms with Crippen LogP contribution in [0.25, 0.3) is 0 Å². The predicted octanol–water partition coefficient (Wildman–Crippen LogP) is 0.974. The summed E-state index contributed by atoms with van der Waals surface area (Å²) in [6, 6.07) is 10.9. The van der Waals surface area contributed by atoms with Crippen LogP contribution >= 0.6 is 0 Å². The average Bonchev–Trinajstić information content (AvgIpc) is 3.17. The molecule has 1 aromatic carbocycles. The first-order chi connectivity index (χ1) is 12.6. The molecule has 1 saturated heterocycles. The molecule has 4 amide bonds. The minimum atomic E-state index is -0.887. The fourth-order valence-electron chi connectivity index (χ4n) is 3.09. The van der Waals surface area contributed by atoms with Gasteiger partial charge in [-0.3, -0.25) is 19.8 Å². The van der Waals surface area contributed by atoms with E-state index in [1.807, 2.05) is 35.2 Å². The fraction of sp³-hybridized carbons (Fsp3) is 0.278. The maximum absolute atomic E-state index is 12.5. The highest BCUT2D eigenvalue weighted by molar-refractivity contribution is 5.97. The maximum Gasteiger partial charge on any atom is 0.318 e. The van der Waals surface area contributed by atoms with Crippen molar-refractivity contribution in [2.45, 2.75) is 6.04 Å². The highest BCUT2D eigenvalue weighted by Gasteiger charge is 2.32. The van der Waals surface area contributed by atoms with Crippen LogP contribution in [-0.2, 0) is 4.79 Å². The van der Waals surface area contributed by atoms with Gasteiger partial charge in [0.25, 0.3) is 5.91 Å². The third-order valence-electron chi connectivity index (χ3n) is 4.31. The van der Waals surface area contributed by atoms with Gasteiger partial charge in [0, 0.05) is 26.2 Å². The van der Waals surface area contributed by atoms with Crippen molar-refractivity contribution in [1.82, 2.24) is 15.1 Å². The number of nitrogens with zero attached hydrogens (tertiary/aromatic N) is 2. The van der Waals surface area contributed by atoms with E-state index >= 15 is 0 Å². The van der Waals surface area contributed by atoms with Crippen molar-refractivity contribution in [3.05, 3.63) is 60.1 Å². The number of rotatable bonds is 4. The summed E-state index contributed by atoms with van der Waals surface area (Å²) in [4.78, 5) is 39.6. The molecule has 3 N–H and O–H groups in total. The van der Waals surface area contributed by atoms with Gasteiger partial charge >= 0.3 is 6.03 Å². The molecule has 0 saturated carbocycles. The quantitative estimate of drug-likeness (QED) is 0.849. The maximum atomic E-state index is 12.5. The van der Waals surface area contributed by atoms with Crippen LogP contribution in [0.4, 0.5) is 4.79 Å². The fourth-order valence-corrected chi connectivity index (χ4v) is 3.09. The summed E-state index contributed by atoms with van der Waals surface area (Å²) < 4.78 is 5.15. The first kappa shape index (κ1) is 17.7. The first-order valence-corrected chi connectivity index (χ1v) is 8.28. The lowest BCUT2D eigenvalue weighted by atomic mass is 10.0. The van der Waals surface area contributed by atoms with Crippen molar-refractivity contribution in [2.24, 2.45) is 5.73 Å². The molecule has 136 valence electrons. The normalized spacial score (nSPS) is 16.1. The topological polar surface area (TPSA) is 109 Å². The van der Waals surface area contributed by atoms with E-state index in [2.05, 4.69) is 5.32 Å². The van der Waals surface area contributed by atoms with Crippen molar-refractivity contribution >= 4 is 17.8 Å². The molecule has 0 radical (unpaired) electrons. The molecule has 1 aromatic heterocycles. The van der Waals surface area contributed by atoms with E-state index in [4.69, 9.17) is 10.2 Å². The van der Waals surface area contributed by atoms with E-state index in [0.717, 1.165) is 5.56 Å². The van der Waals surface area contributed by atoms with Crippen LogP contribution in [0.5, 0.6) is 0 Å². The number of hydrogen-bond donors (Lipinski definition) is 2. The second-order valence-electron chi connectivity index (χ2n) is 5.97. The zero-order valence-corrected chi connectivity index (χ0v) is 14.1. The third kappa shape index (κ3) is 3.92. The Morgan fingerprint density at radius 1 is 1.00 bits per heavy atom. The number of urea groups is 1. The van der Waals surface area contributed by atoms with Gasteiger partial charge in [0.05, 0.1) is 6.26 Å². The number of primary amides is 1. The highest BCUT2D eigenvalue weighted by atomic mass is 16.3. The minimum absolute atomic E-state index is 0.174. The number of amides is 4. The molecule has 1 atom stereocenters. The standard InChI is InChI=1S/C18H20N4O4/c19-18(25)20-16(23)15(13-5-2-1-3-6-13)21-8-10-22(11-9-21)17(24)14-7-4-12-26-14/h1-7,12,15H,8-11H2,(H3,19,20,23,25). The SMILES string of the molecule is NC(=O)NC(=O)C(c1ccccc1)N1CCN(C(=O)c2ccco2)CC1. The first-order valence-electron chi connectivity index (χ1n) is 8.28. The lowest BCUT2D eigenvalue weighted by Crippen LogP contribution is -2.53. The Morgan fingerprint density at radius 3 is 2.27 bits per heavy atom. The van der Waals surface area contributed by atoms with Gasteiger partial charge in [0.2, 0.25) is 5.91 Å². The van der Waals surface area contributed by atoms with Crippen LogP contribution in [0.2, 0.25) is 0 Å². The van der Waals surface area contributed by atoms with E-state index < -0.39 is 18.0 Å². The summed E-state index contributed by atoms with van der Waals surface area (Å²) in [6.45, 7) is 1.87. The van der Waals surface area contributed by atoms with Gasteiger partial charge in [-0.2, -0.15) is 0 Å². The monoisotopic (exact) mass is 356 g/mol. The molecule has 26 heavy (non-hydrogen) atoms. The Hall–Kier alpha value is -3.13. The van der Waals surface area contributed by atoms with Gasteiger partial charge in [-0.05, 0) is 17.7 Å². The summed E-state index contributed by atoms with van der Waals surface area (Å²) in [6.07, 6.45) is 1.46. The number of carbonyl (C=O) groups is 3. The molecule has 8 nitrogen and oxygen atoms in total. The van der Waals surface area contributed by atoms with E-state index in [1.54, 1.807) is 17.0 Å². The van der Waals surface area contributed by atoms with Gasteiger partial charge < -0.3 is 15.1 Å². The van der Waals surface area contributed by atoms with E-state index in [1.165, 1.54) is 6.26 Å². The molecule has 1 aliphatic rings. The molecule has 1 fully saturated rings. The van der Waals surface area contributed by atoms with Crippen LogP contribution in [0.15, 0.2) is 53.1 Å². The Morgan fingerprint density at radius 2 is 1.69 bits per heavy atom. The Bertz CT molecular complexity index is 768. The Kier molecular flexibility index (Phi) is 5.33. The molecule has 2 heterocycles. The molecule has 8 heteroatoms. The summed E-state index contributed by atoms with van der Waals surface area (Å²) >= 11 is 0. The molecule has 0 aliphatic carbocycles. The van der Waals surface area contributed by atoms with Gasteiger partial charge in [0.15, 0.2) is 5.76 Å². The van der Waals surface area contributed by atoms with Crippen LogP contribution < -0.4 is 11.1 Å². The van der Waals surface area contributed by atoms with E-state index in [-0.39, 0.29) is 5.91 Å². The summed E-state index contributed by atoms with van der Waals surface area (Å²) in [7, 11) is 0. The zero-order valence-electron chi connectivity index (χ0n) is 14.1. The van der Waals surface area contributed by atoms with E-state index in [0.29, 0.717) is 31.9 Å². The number of furan rings is 1. The Balaban J connectivity index is 1.72. The van der Waals surface area contributed by atoms with Gasteiger partial charge in [-0.1, -0.05) is 30.3 Å². The molecule has 1 unspecified atom stereocenters. The molecule has 0 bridgehead atoms. The molecular formula is C18H20N4O4. The molecular weight excluding hydrogens is 336 g/mol. The lowest BCUT2D eigenvalue weighted by Gasteiger charge is -2.38. The smallest absolute Gasteiger partial charge is 0.318 e. The zero-order chi connectivity index (χ0) is 18.5. The van der Waals surface area contributed by atoms with Crippen molar-refractivity contribution in [3.63, 3.8) is 0 Å². The van der Waals surface area contributed by atoms with Crippen LogP contribution in [0, 0.1) is 0 Å². The summed E-state index contributed by atoms with van der Waals surface area (Å²) in [5, 5.41) is 2.16. The largest absolute Gasteiger partial charge is 0.459 e. The number of benzene rings is 1. The number of piperazine rings is 1. The predicted molar refractivity (Wildman–Crippen MR) is 93.1 cm³/mol. The number of hydrogen-bond acceptors (Lipinski definition) is 5. The van der Waals surface area contributed by atoms with Crippen molar-refractivity contribution in [1.29, 1.82) is 0 Å². The molecule has 3 rings (SSSR count). The van der Waals surface area contributed by atoms with Gasteiger partial charge in [-0.15, -0.1) is 0 Å². The van der Waals surface area contributed by atoms with Crippen LogP contribution in [0.3, 0.4) is 0 Å². The van der Waals surface area contributed by atoms with Crippen LogP contribution in [0.1, 0.15) is 22.2 Å². The van der Waals surface area contributed by atoms with Gasteiger partial charge in [-0.25, -0.2) is 4.79 Å². The minimum Gasteiger partial charge on any atom is -0.459 e. The lowest BCUT2D eigenvalue weighted by molar-refractivity contribution is -0.126. The highest BCUT2D eigenvalue weighted by Crippen LogP contribution is 2.23. The van der Waals surface area contributed by atoms with Crippen molar-refractivity contribution in [2.75, 3.05) is 26.2 Å². The third-order valence-corrected chi connectivity index (χ3v) is 4.31. The van der Waals surface area contributed by atoms with Crippen LogP contribution in [-0.4, -0.2) is 53.8 Å². The Labute approximate surface area is 150 Å².